The van der Waals surface area contributed by atoms with Gasteiger partial charge in [0.25, 0.3) is 0 Å². The Morgan fingerprint density at radius 2 is 2.31 bits per heavy atom. The fraction of sp³-hybridized carbons (Fsp3) is 0.600. The minimum absolute atomic E-state index is 0.0357. The number of aromatic nitrogens is 1. The Bertz CT molecular complexity index is 451. The third kappa shape index (κ3) is 2.12. The summed E-state index contributed by atoms with van der Waals surface area (Å²) in [6.07, 6.45) is 3.05. The molecule has 4 nitrogen and oxygen atoms in total. The Morgan fingerprint density at radius 1 is 1.56 bits per heavy atom. The van der Waals surface area contributed by atoms with Gasteiger partial charge in [-0.1, -0.05) is 6.42 Å². The molecule has 0 bridgehead atoms. The lowest BCUT2D eigenvalue weighted by Crippen LogP contribution is -2.24. The molecule has 0 aliphatic heterocycles. The molecule has 1 aliphatic carbocycles. The molecule has 2 atom stereocenters. The quantitative estimate of drug-likeness (QED) is 0.802. The van der Waals surface area contributed by atoms with Crippen molar-refractivity contribution in [2.75, 3.05) is 0 Å². The molecule has 2 N–H and O–H groups in total. The van der Waals surface area contributed by atoms with E-state index >= 15 is 0 Å². The van der Waals surface area contributed by atoms with Crippen LogP contribution in [0.2, 0.25) is 0 Å². The van der Waals surface area contributed by atoms with Gasteiger partial charge < -0.3 is 10.2 Å². The van der Waals surface area contributed by atoms with E-state index in [-0.39, 0.29) is 17.8 Å². The van der Waals surface area contributed by atoms with Gasteiger partial charge in [-0.2, -0.15) is 0 Å². The van der Waals surface area contributed by atoms with E-state index in [1.165, 1.54) is 11.3 Å². The van der Waals surface area contributed by atoms with Crippen LogP contribution in [0.1, 0.15) is 31.7 Å². The van der Waals surface area contributed by atoms with Crippen LogP contribution >= 0.6 is 23.6 Å². The summed E-state index contributed by atoms with van der Waals surface area (Å²) in [7, 11) is 0. The number of carboxylic acids is 1. The molecule has 0 saturated heterocycles. The van der Waals surface area contributed by atoms with E-state index in [9.17, 15) is 9.90 Å². The molecule has 1 heterocycles. The summed E-state index contributed by atoms with van der Waals surface area (Å²) < 4.78 is 2.31. The lowest BCUT2D eigenvalue weighted by molar-refractivity contribution is -0.143. The molecule has 2 rings (SSSR count). The SMILES string of the molecule is O=C(O)C1CCCC(n2c(O)csc2=S)C1. The van der Waals surface area contributed by atoms with Gasteiger partial charge in [0.15, 0.2) is 3.95 Å². The maximum absolute atomic E-state index is 10.9. The highest BCUT2D eigenvalue weighted by Gasteiger charge is 2.29. The van der Waals surface area contributed by atoms with Crippen LogP contribution in [0.4, 0.5) is 0 Å². The van der Waals surface area contributed by atoms with E-state index < -0.39 is 5.97 Å². The summed E-state index contributed by atoms with van der Waals surface area (Å²) in [5.41, 5.74) is 0. The molecule has 0 aromatic carbocycles. The maximum atomic E-state index is 10.9. The topological polar surface area (TPSA) is 62.5 Å². The standard InChI is InChI=1S/C10H13NO3S2/c12-8-5-16-10(15)11(8)7-3-1-2-6(4-7)9(13)14/h5-7,12H,1-4H2,(H,13,14). The van der Waals surface area contributed by atoms with Crippen molar-refractivity contribution in [3.05, 3.63) is 9.33 Å². The molecule has 1 fully saturated rings. The summed E-state index contributed by atoms with van der Waals surface area (Å²) in [5, 5.41) is 20.3. The second kappa shape index (κ2) is 4.55. The molecule has 0 spiro atoms. The fourth-order valence-corrected chi connectivity index (χ4v) is 3.33. The summed E-state index contributed by atoms with van der Waals surface area (Å²) in [5.74, 6) is -0.892. The van der Waals surface area contributed by atoms with Gasteiger partial charge in [0.05, 0.1) is 11.3 Å². The average Bonchev–Trinajstić information content (AvgIpc) is 2.59. The van der Waals surface area contributed by atoms with E-state index in [0.717, 1.165) is 19.3 Å². The van der Waals surface area contributed by atoms with Gasteiger partial charge in [0.2, 0.25) is 5.88 Å². The van der Waals surface area contributed by atoms with E-state index in [1.54, 1.807) is 9.95 Å². The highest BCUT2D eigenvalue weighted by Crippen LogP contribution is 2.36. The third-order valence-corrected chi connectivity index (χ3v) is 4.28. The van der Waals surface area contributed by atoms with Crippen LogP contribution in [0.5, 0.6) is 5.88 Å². The third-order valence-electron chi connectivity index (χ3n) is 3.07. The summed E-state index contributed by atoms with van der Waals surface area (Å²) >= 11 is 6.45. The normalized spacial score (nSPS) is 25.5. The lowest BCUT2D eigenvalue weighted by Gasteiger charge is -2.27. The zero-order valence-electron chi connectivity index (χ0n) is 8.63. The summed E-state index contributed by atoms with van der Waals surface area (Å²) in [4.78, 5) is 10.9. The van der Waals surface area contributed by atoms with Crippen molar-refractivity contribution in [2.45, 2.75) is 31.7 Å². The Balaban J connectivity index is 2.22. The van der Waals surface area contributed by atoms with Crippen LogP contribution in [-0.2, 0) is 4.79 Å². The van der Waals surface area contributed by atoms with Crippen LogP contribution in [0.25, 0.3) is 0 Å². The van der Waals surface area contributed by atoms with Crippen molar-refractivity contribution >= 4 is 29.5 Å². The van der Waals surface area contributed by atoms with Crippen LogP contribution in [-0.4, -0.2) is 20.7 Å². The predicted octanol–water partition coefficient (Wildman–Crippen LogP) is 2.80. The zero-order valence-corrected chi connectivity index (χ0v) is 10.3. The Kier molecular flexibility index (Phi) is 3.30. The van der Waals surface area contributed by atoms with Gasteiger partial charge in [-0.3, -0.25) is 9.36 Å². The van der Waals surface area contributed by atoms with Gasteiger partial charge in [-0.15, -0.1) is 11.3 Å². The van der Waals surface area contributed by atoms with Gasteiger partial charge in [0.1, 0.15) is 0 Å². The minimum Gasteiger partial charge on any atom is -0.494 e. The minimum atomic E-state index is -0.745. The molecule has 6 heteroatoms. The Morgan fingerprint density at radius 3 is 2.88 bits per heavy atom. The zero-order chi connectivity index (χ0) is 11.7. The second-order valence-electron chi connectivity index (χ2n) is 4.09. The Hall–Kier alpha value is -0.880. The first-order valence-electron chi connectivity index (χ1n) is 5.21. The van der Waals surface area contributed by atoms with Crippen molar-refractivity contribution < 1.29 is 15.0 Å². The molecular weight excluding hydrogens is 246 g/mol. The largest absolute Gasteiger partial charge is 0.494 e. The summed E-state index contributed by atoms with van der Waals surface area (Å²) in [6, 6.07) is 0.0357. The van der Waals surface area contributed by atoms with Crippen molar-refractivity contribution in [1.29, 1.82) is 0 Å². The predicted molar refractivity (Wildman–Crippen MR) is 63.4 cm³/mol. The van der Waals surface area contributed by atoms with E-state index in [2.05, 4.69) is 0 Å². The first-order valence-corrected chi connectivity index (χ1v) is 6.50. The number of carboxylic acid groups (broad SMARTS) is 1. The maximum Gasteiger partial charge on any atom is 0.306 e. The number of nitrogens with zero attached hydrogens (tertiary/aromatic N) is 1. The molecule has 16 heavy (non-hydrogen) atoms. The van der Waals surface area contributed by atoms with Crippen molar-refractivity contribution in [3.8, 4) is 5.88 Å². The molecular formula is C10H13NO3S2. The highest BCUT2D eigenvalue weighted by atomic mass is 32.1. The molecule has 2 unspecified atom stereocenters. The molecule has 1 aliphatic rings. The van der Waals surface area contributed by atoms with Gasteiger partial charge in [0, 0.05) is 6.04 Å². The number of carbonyl (C=O) groups is 1. The van der Waals surface area contributed by atoms with Crippen LogP contribution in [0.3, 0.4) is 0 Å². The van der Waals surface area contributed by atoms with Crippen molar-refractivity contribution in [3.63, 3.8) is 0 Å². The average molecular weight is 259 g/mol. The first kappa shape index (κ1) is 11.6. The van der Waals surface area contributed by atoms with Crippen molar-refractivity contribution in [2.24, 2.45) is 5.92 Å². The molecule has 1 aromatic rings. The molecule has 1 aromatic heterocycles. The number of rotatable bonds is 2. The second-order valence-corrected chi connectivity index (χ2v) is 5.59. The molecule has 88 valence electrons. The number of aliphatic carboxylic acids is 1. The first-order chi connectivity index (χ1) is 7.59. The van der Waals surface area contributed by atoms with Gasteiger partial charge >= 0.3 is 5.97 Å². The molecule has 0 amide bonds. The lowest BCUT2D eigenvalue weighted by atomic mass is 9.86. The molecule has 0 radical (unpaired) electrons. The smallest absolute Gasteiger partial charge is 0.306 e. The highest BCUT2D eigenvalue weighted by molar-refractivity contribution is 7.73. The van der Waals surface area contributed by atoms with Crippen LogP contribution < -0.4 is 0 Å². The monoisotopic (exact) mass is 259 g/mol. The number of thiazole rings is 1. The van der Waals surface area contributed by atoms with Gasteiger partial charge in [-0.05, 0) is 31.5 Å². The number of aromatic hydroxyl groups is 1. The molecule has 1 saturated carbocycles. The van der Waals surface area contributed by atoms with Crippen molar-refractivity contribution in [1.82, 2.24) is 4.57 Å². The Labute approximate surface area is 102 Å². The number of hydrogen-bond donors (Lipinski definition) is 2. The number of hydrogen-bond acceptors (Lipinski definition) is 4. The fourth-order valence-electron chi connectivity index (χ4n) is 2.27. The van der Waals surface area contributed by atoms with E-state index in [0.29, 0.717) is 10.4 Å². The summed E-state index contributed by atoms with van der Waals surface area (Å²) in [6.45, 7) is 0. The van der Waals surface area contributed by atoms with Gasteiger partial charge in [-0.25, -0.2) is 0 Å². The van der Waals surface area contributed by atoms with Crippen LogP contribution in [0.15, 0.2) is 5.38 Å². The van der Waals surface area contributed by atoms with E-state index in [1.807, 2.05) is 0 Å². The van der Waals surface area contributed by atoms with Crippen LogP contribution in [0, 0.1) is 9.87 Å². The van der Waals surface area contributed by atoms with E-state index in [4.69, 9.17) is 17.3 Å².